The van der Waals surface area contributed by atoms with Crippen molar-refractivity contribution < 1.29 is 4.57 Å². The summed E-state index contributed by atoms with van der Waals surface area (Å²) >= 11 is 0. The molecule has 0 N–H and O–H groups in total. The quantitative estimate of drug-likeness (QED) is 0.392. The van der Waals surface area contributed by atoms with Crippen molar-refractivity contribution in [2.45, 2.75) is 13.5 Å². The number of rotatable bonds is 8. The Morgan fingerprint density at radius 1 is 1.00 bits per heavy atom. The van der Waals surface area contributed by atoms with Gasteiger partial charge in [-0.25, -0.2) is 0 Å². The molecule has 0 saturated heterocycles. The number of aryl methyl sites for hydroxylation is 1. The Balaban J connectivity index is 2.03. The predicted octanol–water partition coefficient (Wildman–Crippen LogP) is 4.61. The van der Waals surface area contributed by atoms with Gasteiger partial charge in [0.25, 0.3) is 0 Å². The van der Waals surface area contributed by atoms with Gasteiger partial charge in [0.2, 0.25) is 5.69 Å². The summed E-state index contributed by atoms with van der Waals surface area (Å²) in [6.45, 7) is 3.24. The van der Waals surface area contributed by atoms with E-state index in [1.807, 2.05) is 21.6 Å². The van der Waals surface area contributed by atoms with Gasteiger partial charge >= 0.3 is 0 Å². The molecule has 0 unspecified atom stereocenters. The zero-order chi connectivity index (χ0) is 16.5. The molecule has 0 fully saturated rings. The van der Waals surface area contributed by atoms with Gasteiger partial charge < -0.3 is 4.90 Å². The lowest BCUT2D eigenvalue weighted by atomic mass is 10.1. The van der Waals surface area contributed by atoms with Crippen LogP contribution in [-0.2, 0) is 6.54 Å². The molecule has 2 rings (SSSR count). The van der Waals surface area contributed by atoms with Gasteiger partial charge in [0.05, 0.1) is 5.75 Å². The van der Waals surface area contributed by atoms with Crippen molar-refractivity contribution in [2.75, 3.05) is 30.5 Å². The maximum Gasteiger partial charge on any atom is 0.205 e. The number of pyridine rings is 1. The maximum absolute atomic E-state index is 2.31. The maximum atomic E-state index is 2.31. The average molecular weight is 346 g/mol. The summed E-state index contributed by atoms with van der Waals surface area (Å²) in [7, 11) is 8.00. The number of nitrogens with zero attached hydrogens (tertiary/aromatic N) is 2. The summed E-state index contributed by atoms with van der Waals surface area (Å²) in [5.41, 5.74) is 3.69. The lowest BCUT2D eigenvalue weighted by Gasteiger charge is -2.11. The minimum Gasteiger partial charge on any atom is -0.378 e. The highest BCUT2D eigenvalue weighted by molar-refractivity contribution is 8.76. The van der Waals surface area contributed by atoms with E-state index in [4.69, 9.17) is 0 Å². The van der Waals surface area contributed by atoms with Gasteiger partial charge in [0, 0.05) is 43.7 Å². The van der Waals surface area contributed by atoms with Gasteiger partial charge in [0.15, 0.2) is 12.7 Å². The molecule has 0 bridgehead atoms. The molecule has 0 spiro atoms. The Bertz CT molecular complexity index is 622. The molecule has 0 amide bonds. The van der Waals surface area contributed by atoms with E-state index < -0.39 is 0 Å². The first-order valence-electron chi connectivity index (χ1n) is 7.89. The molecule has 23 heavy (non-hydrogen) atoms. The second-order valence-electron chi connectivity index (χ2n) is 5.37. The molecule has 2 aromatic rings. The van der Waals surface area contributed by atoms with Crippen molar-refractivity contribution in [1.29, 1.82) is 0 Å². The lowest BCUT2D eigenvalue weighted by Crippen LogP contribution is -2.37. The molecule has 0 aliphatic heterocycles. The van der Waals surface area contributed by atoms with Crippen LogP contribution >= 0.6 is 21.6 Å². The molecule has 0 radical (unpaired) electrons. The standard InChI is InChI=1S/C19H25N2S2/c1-4-22-23-16-15-21-14-6-5-7-19(21)13-10-17-8-11-18(12-9-17)20(2)3/h5-14H,4,15-16H2,1-3H3/q+1. The topological polar surface area (TPSA) is 7.12 Å². The van der Waals surface area contributed by atoms with E-state index in [2.05, 4.69) is 91.3 Å². The van der Waals surface area contributed by atoms with E-state index in [9.17, 15) is 0 Å². The molecule has 0 atom stereocenters. The molecule has 1 heterocycles. The van der Waals surface area contributed by atoms with E-state index in [1.54, 1.807) is 0 Å². The molecule has 0 aliphatic rings. The normalized spacial score (nSPS) is 11.1. The van der Waals surface area contributed by atoms with Crippen molar-refractivity contribution in [3.8, 4) is 0 Å². The van der Waals surface area contributed by atoms with E-state index in [0.717, 1.165) is 12.3 Å². The van der Waals surface area contributed by atoms with Crippen molar-refractivity contribution in [3.05, 3.63) is 59.9 Å². The predicted molar refractivity (Wildman–Crippen MR) is 107 cm³/mol. The van der Waals surface area contributed by atoms with Crippen LogP contribution < -0.4 is 9.47 Å². The van der Waals surface area contributed by atoms with Gasteiger partial charge in [-0.15, -0.1) is 0 Å². The van der Waals surface area contributed by atoms with Crippen LogP contribution in [0.25, 0.3) is 12.2 Å². The van der Waals surface area contributed by atoms with Crippen LogP contribution in [0.2, 0.25) is 0 Å². The molecule has 1 aromatic heterocycles. The highest BCUT2D eigenvalue weighted by Crippen LogP contribution is 2.19. The van der Waals surface area contributed by atoms with E-state index in [0.29, 0.717) is 0 Å². The van der Waals surface area contributed by atoms with Crippen molar-refractivity contribution in [3.63, 3.8) is 0 Å². The Morgan fingerprint density at radius 2 is 1.78 bits per heavy atom. The third-order valence-corrected chi connectivity index (χ3v) is 5.91. The number of hydrogen-bond acceptors (Lipinski definition) is 3. The third-order valence-electron chi connectivity index (χ3n) is 3.45. The van der Waals surface area contributed by atoms with Gasteiger partial charge in [-0.3, -0.25) is 0 Å². The fraction of sp³-hybridized carbons (Fsp3) is 0.316. The summed E-state index contributed by atoms with van der Waals surface area (Å²) in [6, 6.07) is 15.0. The van der Waals surface area contributed by atoms with Crippen LogP contribution in [0.3, 0.4) is 0 Å². The zero-order valence-electron chi connectivity index (χ0n) is 14.1. The fourth-order valence-electron chi connectivity index (χ4n) is 2.19. The highest BCUT2D eigenvalue weighted by atomic mass is 33.1. The van der Waals surface area contributed by atoms with E-state index >= 15 is 0 Å². The largest absolute Gasteiger partial charge is 0.378 e. The van der Waals surface area contributed by atoms with Crippen molar-refractivity contribution in [1.82, 2.24) is 0 Å². The SMILES string of the molecule is CCSSCC[n+]1ccccc1/C=C/c1ccc(N(C)C)cc1. The highest BCUT2D eigenvalue weighted by Gasteiger charge is 2.06. The molecule has 4 heteroatoms. The second kappa shape index (κ2) is 9.68. The van der Waals surface area contributed by atoms with Crippen LogP contribution in [0.4, 0.5) is 5.69 Å². The molecule has 1 aromatic carbocycles. The molecule has 0 aliphatic carbocycles. The summed E-state index contributed by atoms with van der Waals surface area (Å²) in [4.78, 5) is 2.12. The van der Waals surface area contributed by atoms with E-state index in [1.165, 1.54) is 22.7 Å². The Kier molecular flexibility index (Phi) is 7.56. The first-order valence-corrected chi connectivity index (χ1v) is 10.4. The van der Waals surface area contributed by atoms with Gasteiger partial charge in [-0.1, -0.05) is 40.6 Å². The summed E-state index contributed by atoms with van der Waals surface area (Å²) in [6.07, 6.45) is 6.54. The van der Waals surface area contributed by atoms with Crippen LogP contribution in [0, 0.1) is 0 Å². The molecule has 122 valence electrons. The number of benzene rings is 1. The van der Waals surface area contributed by atoms with Crippen molar-refractivity contribution >= 4 is 39.4 Å². The van der Waals surface area contributed by atoms with Gasteiger partial charge in [0.1, 0.15) is 0 Å². The summed E-state index contributed by atoms with van der Waals surface area (Å²) in [5, 5.41) is 0. The summed E-state index contributed by atoms with van der Waals surface area (Å²) < 4.78 is 2.31. The van der Waals surface area contributed by atoms with E-state index in [-0.39, 0.29) is 0 Å². The minimum absolute atomic E-state index is 1.04. The molecular formula is C19H25N2S2+. The Hall–Kier alpha value is -1.39. The zero-order valence-corrected chi connectivity index (χ0v) is 15.7. The molecule has 0 saturated carbocycles. The fourth-order valence-corrected chi connectivity index (χ4v) is 3.82. The monoisotopic (exact) mass is 345 g/mol. The van der Waals surface area contributed by atoms with Crippen LogP contribution in [-0.4, -0.2) is 25.6 Å². The number of hydrogen-bond donors (Lipinski definition) is 0. The summed E-state index contributed by atoms with van der Waals surface area (Å²) in [5.74, 6) is 2.30. The van der Waals surface area contributed by atoms with Gasteiger partial charge in [-0.05, 0) is 29.8 Å². The van der Waals surface area contributed by atoms with Crippen LogP contribution in [0.5, 0.6) is 0 Å². The first kappa shape index (κ1) is 18.0. The van der Waals surface area contributed by atoms with Gasteiger partial charge in [-0.2, -0.15) is 4.57 Å². The third kappa shape index (κ3) is 5.96. The Morgan fingerprint density at radius 3 is 2.48 bits per heavy atom. The average Bonchev–Trinajstić information content (AvgIpc) is 2.58. The van der Waals surface area contributed by atoms with Crippen molar-refractivity contribution in [2.24, 2.45) is 0 Å². The Labute approximate surface area is 148 Å². The first-order chi connectivity index (χ1) is 11.2. The number of aromatic nitrogens is 1. The number of anilines is 1. The lowest BCUT2D eigenvalue weighted by molar-refractivity contribution is -0.694. The second-order valence-corrected chi connectivity index (χ2v) is 8.24. The minimum atomic E-state index is 1.04. The van der Waals surface area contributed by atoms with Crippen LogP contribution in [0.1, 0.15) is 18.2 Å². The smallest absolute Gasteiger partial charge is 0.205 e. The molecular weight excluding hydrogens is 320 g/mol. The van der Waals surface area contributed by atoms with Crippen LogP contribution in [0.15, 0.2) is 48.7 Å². The molecule has 2 nitrogen and oxygen atoms in total.